The minimum atomic E-state index is -3.09. The van der Waals surface area contributed by atoms with Crippen LogP contribution in [0.3, 0.4) is 0 Å². The number of hydrogen-bond donors (Lipinski definition) is 1. The van der Waals surface area contributed by atoms with E-state index < -0.39 is 9.84 Å². The molecule has 1 N–H and O–H groups in total. The molecule has 0 aromatic heterocycles. The van der Waals surface area contributed by atoms with Crippen LogP contribution in [0.15, 0.2) is 41.3 Å². The van der Waals surface area contributed by atoms with E-state index in [0.29, 0.717) is 10.9 Å². The highest BCUT2D eigenvalue weighted by molar-refractivity contribution is 7.90. The second kappa shape index (κ2) is 4.92. The van der Waals surface area contributed by atoms with Gasteiger partial charge in [0.2, 0.25) is 0 Å². The fraction of sp³-hybridized carbons (Fsp3) is 0.385. The molecule has 3 nitrogen and oxygen atoms in total. The third-order valence-corrected chi connectivity index (χ3v) is 4.05. The van der Waals surface area contributed by atoms with Crippen LogP contribution in [0.4, 0.5) is 5.69 Å². The van der Waals surface area contributed by atoms with Gasteiger partial charge in [-0.25, -0.2) is 8.42 Å². The molecule has 1 aliphatic rings. The molecule has 0 aliphatic heterocycles. The molecule has 0 bridgehead atoms. The Kier molecular flexibility index (Phi) is 3.52. The zero-order chi connectivity index (χ0) is 12.3. The standard InChI is InChI=1S/C13H17NO2S/c1-17(15,16)13-9-7-12(8-10-13)14-11-5-3-2-4-6-11/h2-3,7-11,14H,4-6H2,1H3. The van der Waals surface area contributed by atoms with Gasteiger partial charge in [0, 0.05) is 18.0 Å². The summed E-state index contributed by atoms with van der Waals surface area (Å²) in [6.07, 6.45) is 8.88. The normalized spacial score (nSPS) is 20.2. The molecule has 1 aromatic rings. The van der Waals surface area contributed by atoms with Gasteiger partial charge in [0.05, 0.1) is 4.90 Å². The summed E-state index contributed by atoms with van der Waals surface area (Å²) in [7, 11) is -3.09. The van der Waals surface area contributed by atoms with Gasteiger partial charge >= 0.3 is 0 Å². The molecule has 0 fully saturated rings. The maximum absolute atomic E-state index is 11.3. The molecule has 1 aromatic carbocycles. The van der Waals surface area contributed by atoms with Crippen LogP contribution in [0.2, 0.25) is 0 Å². The van der Waals surface area contributed by atoms with Gasteiger partial charge in [-0.2, -0.15) is 0 Å². The summed E-state index contributed by atoms with van der Waals surface area (Å²) in [4.78, 5) is 0.367. The zero-order valence-corrected chi connectivity index (χ0v) is 10.7. The van der Waals surface area contributed by atoms with E-state index in [9.17, 15) is 8.42 Å². The lowest BCUT2D eigenvalue weighted by atomic mass is 10.0. The van der Waals surface area contributed by atoms with Gasteiger partial charge in [-0.15, -0.1) is 0 Å². The highest BCUT2D eigenvalue weighted by atomic mass is 32.2. The molecule has 92 valence electrons. The molecule has 0 amide bonds. The third-order valence-electron chi connectivity index (χ3n) is 2.92. The average molecular weight is 251 g/mol. The van der Waals surface area contributed by atoms with Crippen LogP contribution in [0, 0.1) is 0 Å². The van der Waals surface area contributed by atoms with Crippen LogP contribution in [0.1, 0.15) is 19.3 Å². The van der Waals surface area contributed by atoms with Crippen LogP contribution in [-0.2, 0) is 9.84 Å². The molecule has 0 saturated heterocycles. The molecular formula is C13H17NO2S. The molecule has 4 heteroatoms. The molecular weight excluding hydrogens is 234 g/mol. The van der Waals surface area contributed by atoms with Crippen molar-refractivity contribution < 1.29 is 8.42 Å². The van der Waals surface area contributed by atoms with Crippen LogP contribution in [0.25, 0.3) is 0 Å². The van der Waals surface area contributed by atoms with Crippen molar-refractivity contribution >= 4 is 15.5 Å². The Bertz CT molecular complexity index is 503. The molecule has 2 rings (SSSR count). The summed E-state index contributed by atoms with van der Waals surface area (Å²) in [5, 5.41) is 3.41. The first kappa shape index (κ1) is 12.2. The van der Waals surface area contributed by atoms with E-state index in [-0.39, 0.29) is 0 Å². The van der Waals surface area contributed by atoms with E-state index in [1.165, 1.54) is 6.26 Å². The van der Waals surface area contributed by atoms with E-state index in [4.69, 9.17) is 0 Å². The fourth-order valence-electron chi connectivity index (χ4n) is 1.96. The quantitative estimate of drug-likeness (QED) is 0.840. The first-order chi connectivity index (χ1) is 8.05. The Morgan fingerprint density at radius 1 is 1.18 bits per heavy atom. The summed E-state index contributed by atoms with van der Waals surface area (Å²) in [6.45, 7) is 0. The monoisotopic (exact) mass is 251 g/mol. The molecule has 17 heavy (non-hydrogen) atoms. The summed E-state index contributed by atoms with van der Waals surface area (Å²) in [5.41, 5.74) is 0.984. The van der Waals surface area contributed by atoms with Crippen LogP contribution < -0.4 is 5.32 Å². The van der Waals surface area contributed by atoms with Crippen molar-refractivity contribution in [2.24, 2.45) is 0 Å². The average Bonchev–Trinajstić information content (AvgIpc) is 2.30. The van der Waals surface area contributed by atoms with Crippen molar-refractivity contribution in [2.45, 2.75) is 30.2 Å². The highest BCUT2D eigenvalue weighted by Gasteiger charge is 2.10. The van der Waals surface area contributed by atoms with E-state index in [2.05, 4.69) is 17.5 Å². The number of sulfone groups is 1. The number of rotatable bonds is 3. The van der Waals surface area contributed by atoms with Crippen molar-refractivity contribution in [1.29, 1.82) is 0 Å². The van der Waals surface area contributed by atoms with Crippen molar-refractivity contribution in [3.63, 3.8) is 0 Å². The Morgan fingerprint density at radius 3 is 2.41 bits per heavy atom. The van der Waals surface area contributed by atoms with Crippen molar-refractivity contribution in [3.8, 4) is 0 Å². The second-order valence-electron chi connectivity index (χ2n) is 4.42. The molecule has 0 spiro atoms. The first-order valence-corrected chi connectivity index (χ1v) is 7.66. The number of hydrogen-bond acceptors (Lipinski definition) is 3. The molecule has 1 atom stereocenters. The van der Waals surface area contributed by atoms with Crippen molar-refractivity contribution in [1.82, 2.24) is 0 Å². The molecule has 1 unspecified atom stereocenters. The van der Waals surface area contributed by atoms with Gasteiger partial charge in [-0.1, -0.05) is 12.2 Å². The van der Waals surface area contributed by atoms with Crippen LogP contribution in [-0.4, -0.2) is 20.7 Å². The SMILES string of the molecule is CS(=O)(=O)c1ccc(NC2CC=CCC2)cc1. The Hall–Kier alpha value is -1.29. The lowest BCUT2D eigenvalue weighted by molar-refractivity contribution is 0.602. The molecule has 0 saturated carbocycles. The minimum Gasteiger partial charge on any atom is -0.382 e. The summed E-state index contributed by atoms with van der Waals surface area (Å²) in [5.74, 6) is 0. The largest absolute Gasteiger partial charge is 0.382 e. The molecule has 0 heterocycles. The molecule has 1 aliphatic carbocycles. The Morgan fingerprint density at radius 2 is 1.88 bits per heavy atom. The lowest BCUT2D eigenvalue weighted by Crippen LogP contribution is -2.20. The van der Waals surface area contributed by atoms with Gasteiger partial charge in [0.15, 0.2) is 9.84 Å². The van der Waals surface area contributed by atoms with Crippen LogP contribution in [0.5, 0.6) is 0 Å². The highest BCUT2D eigenvalue weighted by Crippen LogP contribution is 2.19. The predicted molar refractivity (Wildman–Crippen MR) is 70.0 cm³/mol. The van der Waals surface area contributed by atoms with Crippen molar-refractivity contribution in [2.75, 3.05) is 11.6 Å². The van der Waals surface area contributed by atoms with Crippen LogP contribution >= 0.6 is 0 Å². The lowest BCUT2D eigenvalue weighted by Gasteiger charge is -2.20. The smallest absolute Gasteiger partial charge is 0.175 e. The number of nitrogens with one attached hydrogen (secondary N) is 1. The maximum atomic E-state index is 11.3. The summed E-state index contributed by atoms with van der Waals surface area (Å²) >= 11 is 0. The van der Waals surface area contributed by atoms with Crippen molar-refractivity contribution in [3.05, 3.63) is 36.4 Å². The maximum Gasteiger partial charge on any atom is 0.175 e. The molecule has 0 radical (unpaired) electrons. The van der Waals surface area contributed by atoms with Gasteiger partial charge in [0.25, 0.3) is 0 Å². The Labute approximate surface area is 102 Å². The predicted octanol–water partition coefficient (Wildman–Crippen LogP) is 2.61. The number of anilines is 1. The third kappa shape index (κ3) is 3.33. The van der Waals surface area contributed by atoms with Gasteiger partial charge < -0.3 is 5.32 Å². The zero-order valence-electron chi connectivity index (χ0n) is 9.89. The van der Waals surface area contributed by atoms with E-state index in [0.717, 1.165) is 24.9 Å². The first-order valence-electron chi connectivity index (χ1n) is 5.77. The van der Waals surface area contributed by atoms with E-state index >= 15 is 0 Å². The topological polar surface area (TPSA) is 46.2 Å². The van der Waals surface area contributed by atoms with E-state index in [1.807, 2.05) is 12.1 Å². The van der Waals surface area contributed by atoms with Gasteiger partial charge in [0.1, 0.15) is 0 Å². The second-order valence-corrected chi connectivity index (χ2v) is 6.44. The number of allylic oxidation sites excluding steroid dienone is 1. The fourth-order valence-corrected chi connectivity index (χ4v) is 2.59. The Balaban J connectivity index is 2.05. The minimum absolute atomic E-state index is 0.367. The number of benzene rings is 1. The van der Waals surface area contributed by atoms with Gasteiger partial charge in [-0.05, 0) is 43.5 Å². The van der Waals surface area contributed by atoms with Gasteiger partial charge in [-0.3, -0.25) is 0 Å². The summed E-state index contributed by atoms with van der Waals surface area (Å²) < 4.78 is 22.6. The van der Waals surface area contributed by atoms with E-state index in [1.54, 1.807) is 12.1 Å². The summed E-state index contributed by atoms with van der Waals surface area (Å²) in [6, 6.07) is 7.42.